The van der Waals surface area contributed by atoms with Gasteiger partial charge >= 0.3 is 184 Å². The van der Waals surface area contributed by atoms with Crippen LogP contribution in [0.1, 0.15) is 34.8 Å². The Balaban J connectivity index is 1.50. The fraction of sp³-hybridized carbons (Fsp3) is 0.273. The number of ether oxygens (including phenoxy) is 1. The molecule has 0 aliphatic carbocycles. The van der Waals surface area contributed by atoms with Crippen LogP contribution >= 0.6 is 0 Å². The van der Waals surface area contributed by atoms with Crippen molar-refractivity contribution in [3.05, 3.63) is 66.2 Å². The van der Waals surface area contributed by atoms with Crippen molar-refractivity contribution in [3.8, 4) is 11.4 Å². The Hall–Kier alpha value is -2.88. The molecule has 1 amide bonds. The average Bonchev–Trinajstić information content (AvgIpc) is 3.44. The molecule has 9 heteroatoms. The van der Waals surface area contributed by atoms with Crippen LogP contribution in [0, 0.1) is 0 Å². The zero-order valence-corrected chi connectivity index (χ0v) is 20.0. The van der Waals surface area contributed by atoms with Crippen LogP contribution in [0.5, 0.6) is 5.75 Å². The number of aromatic nitrogens is 5. The van der Waals surface area contributed by atoms with Gasteiger partial charge in [0.1, 0.15) is 0 Å². The third-order valence-electron chi connectivity index (χ3n) is 5.57. The van der Waals surface area contributed by atoms with Gasteiger partial charge in [0.2, 0.25) is 0 Å². The summed E-state index contributed by atoms with van der Waals surface area (Å²) < 4.78 is 11.5. The summed E-state index contributed by atoms with van der Waals surface area (Å²) >= 11 is -0.152. The molecule has 1 aromatic carbocycles. The summed E-state index contributed by atoms with van der Waals surface area (Å²) in [6.45, 7) is 0. The van der Waals surface area contributed by atoms with E-state index < -0.39 is 0 Å². The summed E-state index contributed by atoms with van der Waals surface area (Å²) in [5.41, 5.74) is 2.86. The molecular formula is C22H22N6O2Sn. The summed E-state index contributed by atoms with van der Waals surface area (Å²) in [5.74, 6) is 1.62. The molecule has 1 saturated heterocycles. The second kappa shape index (κ2) is 8.70. The number of methoxy groups -OCH3 is 1. The molecule has 4 aromatic rings. The van der Waals surface area contributed by atoms with Gasteiger partial charge in [0.05, 0.1) is 0 Å². The molecule has 1 N–H and O–H groups in total. The first-order valence-corrected chi connectivity index (χ1v) is 14.3. The molecule has 8 nitrogen and oxygen atoms in total. The van der Waals surface area contributed by atoms with Gasteiger partial charge in [-0.05, 0) is 6.07 Å². The minimum absolute atomic E-state index is 0.152. The molecule has 5 rings (SSSR count). The number of nitrogens with zero attached hydrogens (tertiary/aromatic N) is 5. The summed E-state index contributed by atoms with van der Waals surface area (Å²) in [6.07, 6.45) is 7.38. The van der Waals surface area contributed by atoms with Gasteiger partial charge in [-0.1, -0.05) is 0 Å². The van der Waals surface area contributed by atoms with E-state index in [0.717, 1.165) is 17.1 Å². The molecule has 0 saturated carbocycles. The Kier molecular flexibility index (Phi) is 5.62. The summed E-state index contributed by atoms with van der Waals surface area (Å²) in [5, 5.41) is 12.2. The van der Waals surface area contributed by atoms with Crippen molar-refractivity contribution in [2.24, 2.45) is 0 Å². The molecule has 4 heterocycles. The van der Waals surface area contributed by atoms with Crippen LogP contribution in [-0.4, -0.2) is 58.5 Å². The Morgan fingerprint density at radius 3 is 2.81 bits per heavy atom. The van der Waals surface area contributed by atoms with E-state index in [9.17, 15) is 4.79 Å². The third kappa shape index (κ3) is 4.04. The summed E-state index contributed by atoms with van der Waals surface area (Å²) in [6, 6.07) is 11.5. The van der Waals surface area contributed by atoms with Crippen LogP contribution in [-0.2, 0) is 0 Å². The molecule has 1 fully saturated rings. The van der Waals surface area contributed by atoms with Crippen molar-refractivity contribution in [2.45, 2.75) is 27.6 Å². The predicted molar refractivity (Wildman–Crippen MR) is 118 cm³/mol. The van der Waals surface area contributed by atoms with Crippen LogP contribution < -0.4 is 10.1 Å². The topological polar surface area (TPSA) is 86.3 Å². The molecule has 31 heavy (non-hydrogen) atoms. The van der Waals surface area contributed by atoms with Crippen molar-refractivity contribution >= 4 is 38.5 Å². The molecule has 0 atom stereocenters. The minimum atomic E-state index is -0.257. The zero-order chi connectivity index (χ0) is 21.2. The number of carbonyl (C=O) groups excluding carboxylic acids is 1. The molecule has 156 valence electrons. The summed E-state index contributed by atoms with van der Waals surface area (Å²) in [4.78, 5) is 17.4. The number of anilines is 1. The van der Waals surface area contributed by atoms with E-state index in [-0.39, 0.29) is 27.0 Å². The maximum atomic E-state index is 13.1. The number of hydrogen-bond donors (Lipinski definition) is 1. The van der Waals surface area contributed by atoms with Crippen molar-refractivity contribution < 1.29 is 9.53 Å². The van der Waals surface area contributed by atoms with Crippen LogP contribution in [0.2, 0.25) is 8.87 Å². The van der Waals surface area contributed by atoms with E-state index in [1.807, 2.05) is 30.3 Å². The van der Waals surface area contributed by atoms with Gasteiger partial charge in [-0.2, -0.15) is 0 Å². The fourth-order valence-electron chi connectivity index (χ4n) is 3.90. The standard InChI is InChI=1S/C22H22N6O2.Sn/c1-4-15(5-2)19-13-20(28(26-19)16-7-9-17(30-3)10-8-16)25-22(29)18-14-24-27-12-6-11-23-21(18)27;/h6-15H,1-2,4-5H2,3H3,(H,25,29);. The van der Waals surface area contributed by atoms with Gasteiger partial charge < -0.3 is 0 Å². The second-order valence-electron chi connectivity index (χ2n) is 7.49. The first-order chi connectivity index (χ1) is 15.2. The van der Waals surface area contributed by atoms with Crippen LogP contribution in [0.3, 0.4) is 0 Å². The molecular weight excluding hydrogens is 499 g/mol. The van der Waals surface area contributed by atoms with Gasteiger partial charge in [-0.3, -0.25) is 0 Å². The number of carbonyl (C=O) groups is 1. The van der Waals surface area contributed by atoms with Crippen LogP contribution in [0.4, 0.5) is 5.82 Å². The van der Waals surface area contributed by atoms with E-state index >= 15 is 0 Å². The van der Waals surface area contributed by atoms with E-state index in [1.54, 1.807) is 41.0 Å². The maximum absolute atomic E-state index is 13.1. The zero-order valence-electron chi connectivity index (χ0n) is 17.2. The number of amides is 1. The van der Waals surface area contributed by atoms with Gasteiger partial charge in [-0.15, -0.1) is 0 Å². The molecule has 0 unspecified atom stereocenters. The molecule has 3 aromatic heterocycles. The van der Waals surface area contributed by atoms with Crippen LogP contribution in [0.25, 0.3) is 11.3 Å². The van der Waals surface area contributed by atoms with Gasteiger partial charge in [0.25, 0.3) is 0 Å². The number of rotatable bonds is 5. The summed E-state index contributed by atoms with van der Waals surface area (Å²) in [7, 11) is 1.64. The first-order valence-electron chi connectivity index (χ1n) is 10.3. The molecule has 1 aliphatic rings. The Morgan fingerprint density at radius 2 is 2.03 bits per heavy atom. The van der Waals surface area contributed by atoms with Crippen LogP contribution in [0.15, 0.2) is 55.0 Å². The fourth-order valence-corrected chi connectivity index (χ4v) is 7.76. The normalized spacial score (nSPS) is 14.6. The van der Waals surface area contributed by atoms with Crippen molar-refractivity contribution in [1.82, 2.24) is 24.4 Å². The predicted octanol–water partition coefficient (Wildman–Crippen LogP) is 3.59. The number of nitrogens with one attached hydrogen (secondary N) is 1. The van der Waals surface area contributed by atoms with Crippen molar-refractivity contribution in [3.63, 3.8) is 0 Å². The molecule has 0 bridgehead atoms. The van der Waals surface area contributed by atoms with E-state index in [4.69, 9.17) is 9.84 Å². The third-order valence-corrected chi connectivity index (χ3v) is 9.23. The van der Waals surface area contributed by atoms with E-state index in [0.29, 0.717) is 22.9 Å². The molecule has 1 aliphatic heterocycles. The number of fused-ring (bicyclic) bond motifs is 1. The molecule has 0 spiro atoms. The average molecular weight is 521 g/mol. The van der Waals surface area contributed by atoms with Gasteiger partial charge in [-0.25, -0.2) is 0 Å². The van der Waals surface area contributed by atoms with Gasteiger partial charge in [0, 0.05) is 0 Å². The number of hydrogen-bond acceptors (Lipinski definition) is 5. The monoisotopic (exact) mass is 522 g/mol. The Bertz CT molecular complexity index is 1210. The first kappa shape index (κ1) is 20.0. The quantitative estimate of drug-likeness (QED) is 0.406. The van der Waals surface area contributed by atoms with E-state index in [2.05, 4.69) is 15.4 Å². The molecule has 2 radical (unpaired) electrons. The van der Waals surface area contributed by atoms with Crippen molar-refractivity contribution in [2.75, 3.05) is 12.4 Å². The second-order valence-corrected chi connectivity index (χ2v) is 11.8. The van der Waals surface area contributed by atoms with Crippen molar-refractivity contribution in [1.29, 1.82) is 0 Å². The number of benzene rings is 1. The Morgan fingerprint density at radius 1 is 1.23 bits per heavy atom. The van der Waals surface area contributed by atoms with E-state index in [1.165, 1.54) is 21.7 Å². The Labute approximate surface area is 189 Å². The van der Waals surface area contributed by atoms with Gasteiger partial charge in [0.15, 0.2) is 0 Å². The SMILES string of the molecule is COc1ccc(-n2nc(C3C[CH2][Sn][CH2]C3)cc2NC(=O)c2cnn3cccnc23)cc1.